The lowest BCUT2D eigenvalue weighted by Crippen LogP contribution is -2.30. The Balaban J connectivity index is 1.55. The molecule has 0 bridgehead atoms. The van der Waals surface area contributed by atoms with Gasteiger partial charge in [0.15, 0.2) is 6.10 Å². The lowest BCUT2D eigenvalue weighted by molar-refractivity contribution is -0.122. The van der Waals surface area contributed by atoms with Gasteiger partial charge in [0.1, 0.15) is 17.2 Å². The average Bonchev–Trinajstić information content (AvgIpc) is 2.71. The molecule has 134 valence electrons. The number of nitrogens with one attached hydrogen (secondary N) is 1. The lowest BCUT2D eigenvalue weighted by Gasteiger charge is -2.15. The molecule has 1 atom stereocenters. The highest BCUT2D eigenvalue weighted by Crippen LogP contribution is 2.23. The SMILES string of the molecule is C[C@H](Oc1ccc(C#N)cc1)C(=O)Nc1ccc(Oc2ccccc2)cc1. The Kier molecular flexibility index (Phi) is 5.70. The number of ether oxygens (including phenoxy) is 2. The predicted octanol–water partition coefficient (Wildman–Crippen LogP) is 4.76. The largest absolute Gasteiger partial charge is 0.481 e. The van der Waals surface area contributed by atoms with Crippen LogP contribution in [0.2, 0.25) is 0 Å². The van der Waals surface area contributed by atoms with Crippen LogP contribution in [0.4, 0.5) is 5.69 Å². The third-order valence-electron chi connectivity index (χ3n) is 3.77. The smallest absolute Gasteiger partial charge is 0.265 e. The summed E-state index contributed by atoms with van der Waals surface area (Å²) in [5.74, 6) is 1.69. The molecule has 0 aliphatic heterocycles. The van der Waals surface area contributed by atoms with Gasteiger partial charge in [-0.25, -0.2) is 0 Å². The molecule has 5 heteroatoms. The van der Waals surface area contributed by atoms with E-state index in [-0.39, 0.29) is 5.91 Å². The van der Waals surface area contributed by atoms with Gasteiger partial charge in [-0.2, -0.15) is 5.26 Å². The number of rotatable bonds is 6. The number of carbonyl (C=O) groups is 1. The quantitative estimate of drug-likeness (QED) is 0.690. The first-order chi connectivity index (χ1) is 13.1. The van der Waals surface area contributed by atoms with E-state index in [9.17, 15) is 4.79 Å². The van der Waals surface area contributed by atoms with Gasteiger partial charge in [-0.15, -0.1) is 0 Å². The molecule has 3 aromatic rings. The highest BCUT2D eigenvalue weighted by atomic mass is 16.5. The van der Waals surface area contributed by atoms with Gasteiger partial charge in [0.05, 0.1) is 11.6 Å². The Morgan fingerprint density at radius 1 is 0.889 bits per heavy atom. The van der Waals surface area contributed by atoms with E-state index >= 15 is 0 Å². The number of anilines is 1. The third-order valence-corrected chi connectivity index (χ3v) is 3.77. The fourth-order valence-corrected chi connectivity index (χ4v) is 2.34. The normalized spacial score (nSPS) is 11.1. The molecular formula is C22H18N2O3. The lowest BCUT2D eigenvalue weighted by atomic mass is 10.2. The molecule has 3 rings (SSSR count). The zero-order valence-electron chi connectivity index (χ0n) is 14.8. The first-order valence-electron chi connectivity index (χ1n) is 8.45. The van der Waals surface area contributed by atoms with Crippen LogP contribution in [-0.4, -0.2) is 12.0 Å². The van der Waals surface area contributed by atoms with Gasteiger partial charge in [-0.1, -0.05) is 18.2 Å². The van der Waals surface area contributed by atoms with Crippen molar-refractivity contribution in [3.05, 3.63) is 84.4 Å². The number of amides is 1. The van der Waals surface area contributed by atoms with Crippen molar-refractivity contribution < 1.29 is 14.3 Å². The number of benzene rings is 3. The van der Waals surface area contributed by atoms with Crippen LogP contribution < -0.4 is 14.8 Å². The van der Waals surface area contributed by atoms with Crippen LogP contribution in [0.15, 0.2) is 78.9 Å². The van der Waals surface area contributed by atoms with Crippen molar-refractivity contribution in [3.8, 4) is 23.3 Å². The zero-order chi connectivity index (χ0) is 19.1. The molecular weight excluding hydrogens is 340 g/mol. The first kappa shape index (κ1) is 18.0. The molecule has 0 aliphatic carbocycles. The van der Waals surface area contributed by atoms with Crippen molar-refractivity contribution in [2.24, 2.45) is 0 Å². The van der Waals surface area contributed by atoms with Gasteiger partial charge in [-0.05, 0) is 67.6 Å². The van der Waals surface area contributed by atoms with Crippen molar-refractivity contribution in [1.82, 2.24) is 0 Å². The van der Waals surface area contributed by atoms with Crippen molar-refractivity contribution in [1.29, 1.82) is 5.26 Å². The number of nitriles is 1. The summed E-state index contributed by atoms with van der Waals surface area (Å²) in [6.07, 6.45) is -0.682. The third kappa shape index (κ3) is 5.10. The van der Waals surface area contributed by atoms with Gasteiger partial charge < -0.3 is 14.8 Å². The summed E-state index contributed by atoms with van der Waals surface area (Å²) in [6.45, 7) is 1.67. The minimum atomic E-state index is -0.682. The van der Waals surface area contributed by atoms with Crippen LogP contribution in [-0.2, 0) is 4.79 Å². The van der Waals surface area contributed by atoms with E-state index in [1.807, 2.05) is 36.4 Å². The molecule has 0 aliphatic rings. The fourth-order valence-electron chi connectivity index (χ4n) is 2.34. The molecule has 1 amide bonds. The molecule has 5 nitrogen and oxygen atoms in total. The van der Waals surface area contributed by atoms with Crippen LogP contribution in [0, 0.1) is 11.3 Å². The topological polar surface area (TPSA) is 71.3 Å². The Morgan fingerprint density at radius 2 is 1.48 bits per heavy atom. The summed E-state index contributed by atoms with van der Waals surface area (Å²) in [5, 5.41) is 11.6. The molecule has 0 heterocycles. The second kappa shape index (κ2) is 8.54. The van der Waals surface area contributed by atoms with Crippen LogP contribution in [0.5, 0.6) is 17.2 Å². The second-order valence-electron chi connectivity index (χ2n) is 5.83. The summed E-state index contributed by atoms with van der Waals surface area (Å²) in [6, 6.07) is 25.2. The molecule has 0 saturated carbocycles. The average molecular weight is 358 g/mol. The molecule has 0 saturated heterocycles. The number of hydrogen-bond acceptors (Lipinski definition) is 4. The molecule has 0 spiro atoms. The highest BCUT2D eigenvalue weighted by molar-refractivity contribution is 5.94. The maximum absolute atomic E-state index is 12.3. The molecule has 0 fully saturated rings. The van der Waals surface area contributed by atoms with E-state index in [2.05, 4.69) is 5.32 Å². The second-order valence-corrected chi connectivity index (χ2v) is 5.83. The van der Waals surface area contributed by atoms with Crippen molar-refractivity contribution in [2.45, 2.75) is 13.0 Å². The number of nitrogens with zero attached hydrogens (tertiary/aromatic N) is 1. The molecule has 3 aromatic carbocycles. The van der Waals surface area contributed by atoms with Crippen LogP contribution in [0.1, 0.15) is 12.5 Å². The summed E-state index contributed by atoms with van der Waals surface area (Å²) in [4.78, 5) is 12.3. The molecule has 1 N–H and O–H groups in total. The van der Waals surface area contributed by atoms with Crippen molar-refractivity contribution in [2.75, 3.05) is 5.32 Å². The standard InChI is InChI=1S/C22H18N2O3/c1-16(26-20-11-7-17(15-23)8-12-20)22(25)24-18-9-13-21(14-10-18)27-19-5-3-2-4-6-19/h2-14,16H,1H3,(H,24,25)/t16-/m0/s1. The van der Waals surface area contributed by atoms with E-state index in [1.54, 1.807) is 55.5 Å². The minimum absolute atomic E-state index is 0.268. The molecule has 0 unspecified atom stereocenters. The maximum Gasteiger partial charge on any atom is 0.265 e. The van der Waals surface area contributed by atoms with Crippen LogP contribution in [0.3, 0.4) is 0 Å². The van der Waals surface area contributed by atoms with E-state index < -0.39 is 6.10 Å². The van der Waals surface area contributed by atoms with E-state index in [4.69, 9.17) is 14.7 Å². The highest BCUT2D eigenvalue weighted by Gasteiger charge is 2.15. The number of para-hydroxylation sites is 1. The summed E-state index contributed by atoms with van der Waals surface area (Å²) < 4.78 is 11.3. The summed E-state index contributed by atoms with van der Waals surface area (Å²) >= 11 is 0. The van der Waals surface area contributed by atoms with Gasteiger partial charge in [-0.3, -0.25) is 4.79 Å². The fraction of sp³-hybridized carbons (Fsp3) is 0.0909. The van der Waals surface area contributed by atoms with Gasteiger partial charge in [0.2, 0.25) is 0 Å². The molecule has 0 aromatic heterocycles. The van der Waals surface area contributed by atoms with E-state index in [0.717, 1.165) is 5.75 Å². The van der Waals surface area contributed by atoms with Crippen molar-refractivity contribution >= 4 is 11.6 Å². The Bertz CT molecular complexity index is 930. The molecule has 27 heavy (non-hydrogen) atoms. The molecule has 0 radical (unpaired) electrons. The van der Waals surface area contributed by atoms with Gasteiger partial charge in [0, 0.05) is 5.69 Å². The Morgan fingerprint density at radius 3 is 2.11 bits per heavy atom. The number of hydrogen-bond donors (Lipinski definition) is 1. The maximum atomic E-state index is 12.3. The van der Waals surface area contributed by atoms with Crippen LogP contribution >= 0.6 is 0 Å². The monoisotopic (exact) mass is 358 g/mol. The predicted molar refractivity (Wildman–Crippen MR) is 103 cm³/mol. The zero-order valence-corrected chi connectivity index (χ0v) is 14.8. The van der Waals surface area contributed by atoms with E-state index in [0.29, 0.717) is 22.7 Å². The Labute approximate surface area is 157 Å². The first-order valence-corrected chi connectivity index (χ1v) is 8.45. The van der Waals surface area contributed by atoms with Crippen molar-refractivity contribution in [3.63, 3.8) is 0 Å². The van der Waals surface area contributed by atoms with Gasteiger partial charge in [0.25, 0.3) is 5.91 Å². The van der Waals surface area contributed by atoms with Crippen LogP contribution in [0.25, 0.3) is 0 Å². The van der Waals surface area contributed by atoms with E-state index in [1.165, 1.54) is 0 Å². The number of carbonyl (C=O) groups excluding carboxylic acids is 1. The summed E-state index contributed by atoms with van der Waals surface area (Å²) in [7, 11) is 0. The Hall–Kier alpha value is -3.78. The summed E-state index contributed by atoms with van der Waals surface area (Å²) in [5.41, 5.74) is 1.19. The minimum Gasteiger partial charge on any atom is -0.481 e. The van der Waals surface area contributed by atoms with Gasteiger partial charge >= 0.3 is 0 Å².